The molecule has 1 aromatic heterocycles. The summed E-state index contributed by atoms with van der Waals surface area (Å²) in [7, 11) is 0. The lowest BCUT2D eigenvalue weighted by atomic mass is 9.87. The van der Waals surface area contributed by atoms with E-state index in [-0.39, 0.29) is 0 Å². The summed E-state index contributed by atoms with van der Waals surface area (Å²) in [6, 6.07) is 6.51. The van der Waals surface area contributed by atoms with Gasteiger partial charge in [0.15, 0.2) is 5.58 Å². The molecule has 112 valence electrons. The number of rotatable bonds is 2. The van der Waals surface area contributed by atoms with Crippen molar-refractivity contribution in [3.05, 3.63) is 34.6 Å². The molecule has 0 atom stereocenters. The second-order valence-electron chi connectivity index (χ2n) is 6.09. The van der Waals surface area contributed by atoms with Crippen LogP contribution < -0.4 is 0 Å². The number of nitrogens with zero attached hydrogens (tertiary/aromatic N) is 2. The van der Waals surface area contributed by atoms with E-state index in [4.69, 9.17) is 10.8 Å². The molecule has 0 amide bonds. The molecule has 22 heavy (non-hydrogen) atoms. The molecule has 3 heteroatoms. The smallest absolute Gasteiger partial charge is 0.152 e. The van der Waals surface area contributed by atoms with E-state index in [9.17, 15) is 5.26 Å². The molecule has 0 aliphatic carbocycles. The molecule has 0 unspecified atom stereocenters. The van der Waals surface area contributed by atoms with E-state index in [1.807, 2.05) is 13.0 Å². The van der Waals surface area contributed by atoms with Crippen molar-refractivity contribution < 1.29 is 4.42 Å². The van der Waals surface area contributed by atoms with Crippen LogP contribution in [-0.4, -0.2) is 24.5 Å². The van der Waals surface area contributed by atoms with Crippen LogP contribution >= 0.6 is 0 Å². The third-order valence-electron chi connectivity index (χ3n) is 4.79. The van der Waals surface area contributed by atoms with Crippen LogP contribution in [0.1, 0.15) is 41.2 Å². The van der Waals surface area contributed by atoms with Gasteiger partial charge in [0.2, 0.25) is 0 Å². The maximum absolute atomic E-state index is 9.43. The molecule has 0 N–H and O–H groups in total. The Labute approximate surface area is 131 Å². The van der Waals surface area contributed by atoms with Crippen LogP contribution in [0.25, 0.3) is 11.0 Å². The standard InChI is InChI=1S/C19H20N2O/c1-4-7-21-8-5-15(6-9-21)16-10-17(12-20)19-18(11-16)13(2)14(3)22-19/h1,10-11,15H,5-9H2,2-3H3. The number of likely N-dealkylation sites (tertiary alicyclic amines) is 1. The van der Waals surface area contributed by atoms with E-state index < -0.39 is 0 Å². The van der Waals surface area contributed by atoms with Gasteiger partial charge >= 0.3 is 0 Å². The molecular formula is C19H20N2O. The van der Waals surface area contributed by atoms with E-state index in [2.05, 4.69) is 29.9 Å². The summed E-state index contributed by atoms with van der Waals surface area (Å²) in [5.74, 6) is 4.11. The molecular weight excluding hydrogens is 272 g/mol. The molecule has 3 nitrogen and oxygen atoms in total. The molecule has 1 aliphatic heterocycles. The van der Waals surface area contributed by atoms with Gasteiger partial charge in [-0.3, -0.25) is 4.90 Å². The molecule has 1 aliphatic rings. The molecule has 1 fully saturated rings. The molecule has 3 rings (SSSR count). The number of hydrogen-bond acceptors (Lipinski definition) is 3. The minimum atomic E-state index is 0.500. The first kappa shape index (κ1) is 14.7. The molecule has 2 aromatic rings. The summed E-state index contributed by atoms with van der Waals surface area (Å²) >= 11 is 0. The summed E-state index contributed by atoms with van der Waals surface area (Å²) in [5.41, 5.74) is 3.77. The third kappa shape index (κ3) is 2.49. The van der Waals surface area contributed by atoms with Gasteiger partial charge in [0.05, 0.1) is 12.1 Å². The number of fused-ring (bicyclic) bond motifs is 1. The van der Waals surface area contributed by atoms with Gasteiger partial charge in [-0.05, 0) is 69.0 Å². The van der Waals surface area contributed by atoms with Crippen LogP contribution in [0.4, 0.5) is 0 Å². The highest BCUT2D eigenvalue weighted by molar-refractivity contribution is 5.87. The highest BCUT2D eigenvalue weighted by Gasteiger charge is 2.22. The lowest BCUT2D eigenvalue weighted by Gasteiger charge is -2.31. The highest BCUT2D eigenvalue weighted by Crippen LogP contribution is 2.34. The Bertz CT molecular complexity index is 780. The fourth-order valence-corrected chi connectivity index (χ4v) is 3.33. The lowest BCUT2D eigenvalue weighted by Crippen LogP contribution is -2.33. The van der Waals surface area contributed by atoms with E-state index >= 15 is 0 Å². The summed E-state index contributed by atoms with van der Waals surface area (Å²) in [5, 5.41) is 10.5. The van der Waals surface area contributed by atoms with Gasteiger partial charge in [0.1, 0.15) is 11.8 Å². The summed E-state index contributed by atoms with van der Waals surface area (Å²) in [6.45, 7) is 6.79. The number of terminal acetylenes is 1. The lowest BCUT2D eigenvalue weighted by molar-refractivity contribution is 0.236. The molecule has 0 bridgehead atoms. The number of benzene rings is 1. The summed E-state index contributed by atoms with van der Waals surface area (Å²) < 4.78 is 5.76. The average Bonchev–Trinajstić information content (AvgIpc) is 2.83. The zero-order chi connectivity index (χ0) is 15.7. The van der Waals surface area contributed by atoms with Gasteiger partial charge in [-0.1, -0.05) is 5.92 Å². The molecule has 0 radical (unpaired) electrons. The van der Waals surface area contributed by atoms with E-state index in [1.165, 1.54) is 5.56 Å². The number of nitriles is 1. The number of piperidine rings is 1. The predicted octanol–water partition coefficient (Wildman–Crippen LogP) is 3.73. The van der Waals surface area contributed by atoms with Crippen LogP contribution in [0.3, 0.4) is 0 Å². The molecule has 2 heterocycles. The van der Waals surface area contributed by atoms with Gasteiger partial charge in [-0.15, -0.1) is 6.42 Å². The predicted molar refractivity (Wildman–Crippen MR) is 87.7 cm³/mol. The van der Waals surface area contributed by atoms with Crippen molar-refractivity contribution in [2.24, 2.45) is 0 Å². The Morgan fingerprint density at radius 2 is 2.05 bits per heavy atom. The Balaban J connectivity index is 1.94. The second kappa shape index (κ2) is 5.87. The molecule has 0 saturated carbocycles. The van der Waals surface area contributed by atoms with E-state index in [1.54, 1.807) is 0 Å². The number of furan rings is 1. The largest absolute Gasteiger partial charge is 0.460 e. The SMILES string of the molecule is C#CCN1CCC(c2cc(C#N)c3oc(C)c(C)c3c2)CC1. The molecule has 1 saturated heterocycles. The van der Waals surface area contributed by atoms with Crippen molar-refractivity contribution >= 4 is 11.0 Å². The Hall–Kier alpha value is -2.23. The Morgan fingerprint density at radius 1 is 1.32 bits per heavy atom. The van der Waals surface area contributed by atoms with Crippen molar-refractivity contribution in [2.45, 2.75) is 32.6 Å². The quantitative estimate of drug-likeness (QED) is 0.792. The number of aryl methyl sites for hydroxylation is 2. The van der Waals surface area contributed by atoms with E-state index in [0.717, 1.165) is 54.8 Å². The van der Waals surface area contributed by atoms with Crippen molar-refractivity contribution in [3.8, 4) is 18.4 Å². The maximum Gasteiger partial charge on any atom is 0.152 e. The highest BCUT2D eigenvalue weighted by atomic mass is 16.3. The fourth-order valence-electron chi connectivity index (χ4n) is 3.33. The van der Waals surface area contributed by atoms with Crippen LogP contribution in [0.2, 0.25) is 0 Å². The Kier molecular flexibility index (Phi) is 3.92. The molecule has 1 aromatic carbocycles. The zero-order valence-corrected chi connectivity index (χ0v) is 13.1. The topological polar surface area (TPSA) is 40.2 Å². The molecule has 0 spiro atoms. The van der Waals surface area contributed by atoms with Crippen molar-refractivity contribution in [3.63, 3.8) is 0 Å². The van der Waals surface area contributed by atoms with Crippen molar-refractivity contribution in [1.82, 2.24) is 4.90 Å². The van der Waals surface area contributed by atoms with Crippen LogP contribution in [0.5, 0.6) is 0 Å². The summed E-state index contributed by atoms with van der Waals surface area (Å²) in [4.78, 5) is 2.31. The summed E-state index contributed by atoms with van der Waals surface area (Å²) in [6.07, 6.45) is 7.57. The Morgan fingerprint density at radius 3 is 2.68 bits per heavy atom. The average molecular weight is 292 g/mol. The monoisotopic (exact) mass is 292 g/mol. The van der Waals surface area contributed by atoms with Crippen LogP contribution in [-0.2, 0) is 0 Å². The van der Waals surface area contributed by atoms with Crippen LogP contribution in [0.15, 0.2) is 16.5 Å². The van der Waals surface area contributed by atoms with Gasteiger partial charge in [-0.2, -0.15) is 5.26 Å². The van der Waals surface area contributed by atoms with Crippen molar-refractivity contribution in [2.75, 3.05) is 19.6 Å². The second-order valence-corrected chi connectivity index (χ2v) is 6.09. The van der Waals surface area contributed by atoms with Gasteiger partial charge in [0.25, 0.3) is 0 Å². The third-order valence-corrected chi connectivity index (χ3v) is 4.79. The first-order chi connectivity index (χ1) is 10.6. The van der Waals surface area contributed by atoms with Gasteiger partial charge in [0, 0.05) is 5.39 Å². The first-order valence-electron chi connectivity index (χ1n) is 7.73. The maximum atomic E-state index is 9.43. The minimum absolute atomic E-state index is 0.500. The van der Waals surface area contributed by atoms with Gasteiger partial charge < -0.3 is 4.42 Å². The van der Waals surface area contributed by atoms with E-state index in [0.29, 0.717) is 11.5 Å². The number of hydrogen-bond donors (Lipinski definition) is 0. The zero-order valence-electron chi connectivity index (χ0n) is 13.1. The normalized spacial score (nSPS) is 16.5. The minimum Gasteiger partial charge on any atom is -0.460 e. The first-order valence-corrected chi connectivity index (χ1v) is 7.73. The van der Waals surface area contributed by atoms with Crippen molar-refractivity contribution in [1.29, 1.82) is 5.26 Å². The van der Waals surface area contributed by atoms with Crippen LogP contribution in [0, 0.1) is 37.5 Å². The fraction of sp³-hybridized carbons (Fsp3) is 0.421. The van der Waals surface area contributed by atoms with Gasteiger partial charge in [-0.25, -0.2) is 0 Å².